The molecule has 1 saturated carbocycles. The van der Waals surface area contributed by atoms with Gasteiger partial charge >= 0.3 is 6.03 Å². The Balaban J connectivity index is 1.30. The zero-order valence-electron chi connectivity index (χ0n) is 16.9. The van der Waals surface area contributed by atoms with Gasteiger partial charge in [0, 0.05) is 32.1 Å². The molecule has 0 bridgehead atoms. The molecule has 1 aromatic rings. The number of carbonyl (C=O) groups is 2. The summed E-state index contributed by atoms with van der Waals surface area (Å²) in [6.45, 7) is 1.87. The Kier molecular flexibility index (Phi) is 7.83. The number of hydrogen-bond acceptors (Lipinski definition) is 2. The number of carbonyl (C=O) groups excluding carboxylic acids is 2. The van der Waals surface area contributed by atoms with Gasteiger partial charge in [-0.1, -0.05) is 25.7 Å². The van der Waals surface area contributed by atoms with E-state index < -0.39 is 11.6 Å². The molecular weight excluding hydrogens is 376 g/mol. The lowest BCUT2D eigenvalue weighted by Crippen LogP contribution is -2.41. The maximum atomic E-state index is 13.7. The number of nitrogens with one attached hydrogen (secondary N) is 2. The minimum atomic E-state index is -0.781. The van der Waals surface area contributed by atoms with Crippen LogP contribution in [0.3, 0.4) is 0 Å². The molecule has 5 nitrogen and oxygen atoms in total. The van der Waals surface area contributed by atoms with Gasteiger partial charge in [-0.15, -0.1) is 0 Å². The highest BCUT2D eigenvalue weighted by Crippen LogP contribution is 2.28. The second kappa shape index (κ2) is 10.6. The van der Waals surface area contributed by atoms with Crippen molar-refractivity contribution in [2.24, 2.45) is 11.8 Å². The van der Waals surface area contributed by atoms with Crippen LogP contribution in [-0.4, -0.2) is 36.5 Å². The van der Waals surface area contributed by atoms with E-state index in [2.05, 4.69) is 10.6 Å². The van der Waals surface area contributed by atoms with Gasteiger partial charge in [-0.05, 0) is 49.7 Å². The Morgan fingerprint density at radius 2 is 1.69 bits per heavy atom. The molecule has 1 heterocycles. The molecule has 0 radical (unpaired) electrons. The first-order chi connectivity index (χ1) is 14.0. The van der Waals surface area contributed by atoms with Crippen LogP contribution in [0.25, 0.3) is 0 Å². The average Bonchev–Trinajstić information content (AvgIpc) is 3.23. The second-order valence-electron chi connectivity index (χ2n) is 8.31. The summed E-state index contributed by atoms with van der Waals surface area (Å²) in [5.74, 6) is -0.102. The number of piperidine rings is 1. The van der Waals surface area contributed by atoms with E-state index in [1.807, 2.05) is 0 Å². The van der Waals surface area contributed by atoms with Crippen molar-refractivity contribution in [3.05, 3.63) is 29.8 Å². The quantitative estimate of drug-likeness (QED) is 0.689. The summed E-state index contributed by atoms with van der Waals surface area (Å²) in [6.07, 6.45) is 9.42. The van der Waals surface area contributed by atoms with E-state index in [-0.39, 0.29) is 17.6 Å². The first-order valence-electron chi connectivity index (χ1n) is 10.8. The van der Waals surface area contributed by atoms with Gasteiger partial charge < -0.3 is 15.5 Å². The highest BCUT2D eigenvalue weighted by atomic mass is 19.1. The summed E-state index contributed by atoms with van der Waals surface area (Å²) < 4.78 is 26.6. The molecule has 3 rings (SSSR count). The zero-order chi connectivity index (χ0) is 20.6. The lowest BCUT2D eigenvalue weighted by molar-refractivity contribution is -0.121. The number of nitrogens with zero attached hydrogens (tertiary/aromatic N) is 1. The van der Waals surface area contributed by atoms with E-state index in [4.69, 9.17) is 0 Å². The van der Waals surface area contributed by atoms with Gasteiger partial charge in [0.1, 0.15) is 11.6 Å². The van der Waals surface area contributed by atoms with Crippen LogP contribution in [0.15, 0.2) is 18.2 Å². The molecule has 1 saturated heterocycles. The Hall–Kier alpha value is -2.18. The molecule has 3 amide bonds. The molecule has 160 valence electrons. The Morgan fingerprint density at radius 1 is 1.00 bits per heavy atom. The molecule has 1 aliphatic carbocycles. The number of urea groups is 1. The number of hydrogen-bond donors (Lipinski definition) is 2. The van der Waals surface area contributed by atoms with Crippen molar-refractivity contribution in [2.75, 3.05) is 25.0 Å². The van der Waals surface area contributed by atoms with Crippen LogP contribution in [0.1, 0.15) is 57.8 Å². The van der Waals surface area contributed by atoms with Crippen LogP contribution in [-0.2, 0) is 4.79 Å². The molecule has 0 spiro atoms. The molecule has 2 N–H and O–H groups in total. The van der Waals surface area contributed by atoms with E-state index >= 15 is 0 Å². The molecule has 2 aliphatic rings. The molecular formula is C22H31F2N3O2. The van der Waals surface area contributed by atoms with E-state index in [9.17, 15) is 18.4 Å². The summed E-state index contributed by atoms with van der Waals surface area (Å²) >= 11 is 0. The van der Waals surface area contributed by atoms with Crippen molar-refractivity contribution >= 4 is 17.6 Å². The number of halogens is 2. The second-order valence-corrected chi connectivity index (χ2v) is 8.31. The van der Waals surface area contributed by atoms with Gasteiger partial charge in [-0.3, -0.25) is 4.79 Å². The maximum Gasteiger partial charge on any atom is 0.321 e. The first-order valence-corrected chi connectivity index (χ1v) is 10.8. The molecule has 2 fully saturated rings. The number of benzene rings is 1. The van der Waals surface area contributed by atoms with Gasteiger partial charge in [-0.2, -0.15) is 0 Å². The SMILES string of the molecule is O=C(CCC1CCCC1)NCCC1CCN(C(=O)Nc2ccc(F)cc2F)CC1. The summed E-state index contributed by atoms with van der Waals surface area (Å²) in [5, 5.41) is 5.53. The molecule has 0 atom stereocenters. The predicted molar refractivity (Wildman–Crippen MR) is 108 cm³/mol. The number of likely N-dealkylation sites (tertiary alicyclic amines) is 1. The summed E-state index contributed by atoms with van der Waals surface area (Å²) in [5.41, 5.74) is -0.0150. The topological polar surface area (TPSA) is 61.4 Å². The van der Waals surface area contributed by atoms with Crippen LogP contribution < -0.4 is 10.6 Å². The van der Waals surface area contributed by atoms with Crippen molar-refractivity contribution in [1.82, 2.24) is 10.2 Å². The van der Waals surface area contributed by atoms with Crippen molar-refractivity contribution in [2.45, 2.75) is 57.8 Å². The lowest BCUT2D eigenvalue weighted by atomic mass is 9.93. The third-order valence-electron chi connectivity index (χ3n) is 6.20. The van der Waals surface area contributed by atoms with Crippen LogP contribution >= 0.6 is 0 Å². The normalized spacial score (nSPS) is 18.1. The zero-order valence-corrected chi connectivity index (χ0v) is 16.9. The van der Waals surface area contributed by atoms with Crippen molar-refractivity contribution in [3.63, 3.8) is 0 Å². The highest BCUT2D eigenvalue weighted by Gasteiger charge is 2.23. The van der Waals surface area contributed by atoms with E-state index in [1.165, 1.54) is 31.7 Å². The van der Waals surface area contributed by atoms with Gasteiger partial charge in [-0.25, -0.2) is 13.6 Å². The van der Waals surface area contributed by atoms with Crippen molar-refractivity contribution < 1.29 is 18.4 Å². The standard InChI is InChI=1S/C22H31F2N3O2/c23-18-6-7-20(19(24)15-18)26-22(29)27-13-10-17(11-14-27)9-12-25-21(28)8-5-16-3-1-2-4-16/h6-7,15-17H,1-5,8-14H2,(H,25,28)(H,26,29). The van der Waals surface area contributed by atoms with Gasteiger partial charge in [0.05, 0.1) is 5.69 Å². The monoisotopic (exact) mass is 407 g/mol. The fraction of sp³-hybridized carbons (Fsp3) is 0.636. The maximum absolute atomic E-state index is 13.7. The molecule has 1 aromatic carbocycles. The summed E-state index contributed by atoms with van der Waals surface area (Å²) in [4.78, 5) is 25.9. The Morgan fingerprint density at radius 3 is 2.38 bits per heavy atom. The fourth-order valence-corrected chi connectivity index (χ4v) is 4.35. The fourth-order valence-electron chi connectivity index (χ4n) is 4.35. The molecule has 0 aromatic heterocycles. The first kappa shape index (κ1) is 21.5. The van der Waals surface area contributed by atoms with Crippen LogP contribution in [0.5, 0.6) is 0 Å². The third-order valence-corrected chi connectivity index (χ3v) is 6.20. The van der Waals surface area contributed by atoms with Crippen LogP contribution in [0.2, 0.25) is 0 Å². The van der Waals surface area contributed by atoms with Crippen molar-refractivity contribution in [3.8, 4) is 0 Å². The lowest BCUT2D eigenvalue weighted by Gasteiger charge is -2.32. The largest absolute Gasteiger partial charge is 0.356 e. The van der Waals surface area contributed by atoms with Gasteiger partial charge in [0.15, 0.2) is 0 Å². The smallest absolute Gasteiger partial charge is 0.321 e. The third kappa shape index (κ3) is 6.68. The molecule has 29 heavy (non-hydrogen) atoms. The number of amides is 3. The number of anilines is 1. The Labute approximate surface area is 171 Å². The van der Waals surface area contributed by atoms with Crippen molar-refractivity contribution in [1.29, 1.82) is 0 Å². The van der Waals surface area contributed by atoms with E-state index in [0.717, 1.165) is 43.7 Å². The molecule has 7 heteroatoms. The van der Waals surface area contributed by atoms with Gasteiger partial charge in [0.25, 0.3) is 0 Å². The summed E-state index contributed by atoms with van der Waals surface area (Å²) in [7, 11) is 0. The summed E-state index contributed by atoms with van der Waals surface area (Å²) in [6, 6.07) is 2.73. The predicted octanol–water partition coefficient (Wildman–Crippen LogP) is 4.69. The highest BCUT2D eigenvalue weighted by molar-refractivity contribution is 5.89. The minimum absolute atomic E-state index is 0.0150. The van der Waals surface area contributed by atoms with Crippen LogP contribution in [0.4, 0.5) is 19.3 Å². The van der Waals surface area contributed by atoms with Gasteiger partial charge in [0.2, 0.25) is 5.91 Å². The van der Waals surface area contributed by atoms with Crippen LogP contribution in [0, 0.1) is 23.5 Å². The molecule has 0 unspecified atom stereocenters. The minimum Gasteiger partial charge on any atom is -0.356 e. The number of rotatable bonds is 7. The van der Waals surface area contributed by atoms with E-state index in [0.29, 0.717) is 32.0 Å². The average molecular weight is 408 g/mol. The van der Waals surface area contributed by atoms with E-state index in [1.54, 1.807) is 4.90 Å². The molecule has 1 aliphatic heterocycles. The Bertz CT molecular complexity index is 699.